The number of esters is 1. The summed E-state index contributed by atoms with van der Waals surface area (Å²) in [5.74, 6) is 0.758. The van der Waals surface area contributed by atoms with Crippen molar-refractivity contribution in [3.8, 4) is 0 Å². The van der Waals surface area contributed by atoms with E-state index < -0.39 is 6.03 Å². The molecule has 0 spiro atoms. The van der Waals surface area contributed by atoms with Crippen LogP contribution in [0.5, 0.6) is 0 Å². The second-order valence-corrected chi connectivity index (χ2v) is 6.58. The van der Waals surface area contributed by atoms with Crippen LogP contribution in [-0.2, 0) is 21.4 Å². The molecule has 0 aliphatic rings. The van der Waals surface area contributed by atoms with E-state index in [0.29, 0.717) is 23.9 Å². The Hall–Kier alpha value is -2.83. The Balaban J connectivity index is 1.90. The van der Waals surface area contributed by atoms with E-state index >= 15 is 0 Å². The third-order valence-electron chi connectivity index (χ3n) is 3.36. The number of carbonyl (C=O) groups excluding carboxylic acids is 2. The summed E-state index contributed by atoms with van der Waals surface area (Å²) < 4.78 is 10.1. The van der Waals surface area contributed by atoms with E-state index in [9.17, 15) is 9.59 Å². The number of urea groups is 1. The molecule has 0 aliphatic heterocycles. The molecule has 1 heterocycles. The Morgan fingerprint density at radius 2 is 1.84 bits per heavy atom. The highest BCUT2D eigenvalue weighted by atomic mass is 16.5. The molecule has 1 aromatic heterocycles. The van der Waals surface area contributed by atoms with Gasteiger partial charge < -0.3 is 14.6 Å². The van der Waals surface area contributed by atoms with Crippen molar-refractivity contribution in [2.75, 3.05) is 17.2 Å². The molecule has 2 N–H and O–H groups in total. The number of benzene rings is 1. The van der Waals surface area contributed by atoms with Gasteiger partial charge >= 0.3 is 12.0 Å². The lowest BCUT2D eigenvalue weighted by molar-refractivity contribution is -0.142. The molecular weight excluding hydrogens is 322 g/mol. The molecule has 134 valence electrons. The number of nitrogens with one attached hydrogen (secondary N) is 2. The van der Waals surface area contributed by atoms with Gasteiger partial charge in [-0.3, -0.25) is 10.1 Å². The summed E-state index contributed by atoms with van der Waals surface area (Å²) in [4.78, 5) is 23.4. The first-order valence-electron chi connectivity index (χ1n) is 8.07. The minimum absolute atomic E-state index is 0.182. The maximum Gasteiger partial charge on any atom is 0.324 e. The zero-order valence-corrected chi connectivity index (χ0v) is 14.9. The van der Waals surface area contributed by atoms with Crippen molar-refractivity contribution < 1.29 is 18.8 Å². The molecule has 0 saturated carbocycles. The lowest BCUT2D eigenvalue weighted by Gasteiger charge is -2.12. The van der Waals surface area contributed by atoms with E-state index in [2.05, 4.69) is 15.8 Å². The molecule has 0 atom stereocenters. The quantitative estimate of drug-likeness (QED) is 0.806. The van der Waals surface area contributed by atoms with E-state index in [0.717, 1.165) is 5.56 Å². The maximum absolute atomic E-state index is 12.0. The summed E-state index contributed by atoms with van der Waals surface area (Å²) in [6.45, 7) is 8.11. The SMILES string of the molecule is CCOC(=O)Cc1ccc(NC(=O)Nc2cc(C(C)(C)C)on2)cc1. The van der Waals surface area contributed by atoms with E-state index in [-0.39, 0.29) is 17.8 Å². The van der Waals surface area contributed by atoms with Crippen LogP contribution in [0.1, 0.15) is 39.0 Å². The van der Waals surface area contributed by atoms with Crippen LogP contribution in [0, 0.1) is 0 Å². The number of ether oxygens (including phenoxy) is 1. The average molecular weight is 345 g/mol. The fourth-order valence-corrected chi connectivity index (χ4v) is 2.05. The van der Waals surface area contributed by atoms with Crippen molar-refractivity contribution in [2.24, 2.45) is 0 Å². The van der Waals surface area contributed by atoms with Gasteiger partial charge in [-0.1, -0.05) is 38.1 Å². The molecule has 25 heavy (non-hydrogen) atoms. The monoisotopic (exact) mass is 345 g/mol. The highest BCUT2D eigenvalue weighted by Crippen LogP contribution is 2.24. The van der Waals surface area contributed by atoms with Gasteiger partial charge in [0.25, 0.3) is 0 Å². The van der Waals surface area contributed by atoms with E-state index in [1.165, 1.54) is 0 Å². The third kappa shape index (κ3) is 5.63. The van der Waals surface area contributed by atoms with Crippen molar-refractivity contribution in [3.05, 3.63) is 41.7 Å². The second kappa shape index (κ2) is 7.83. The van der Waals surface area contributed by atoms with Gasteiger partial charge in [-0.15, -0.1) is 0 Å². The minimum Gasteiger partial charge on any atom is -0.466 e. The predicted molar refractivity (Wildman–Crippen MR) is 94.6 cm³/mol. The van der Waals surface area contributed by atoms with Gasteiger partial charge in [0.05, 0.1) is 13.0 Å². The van der Waals surface area contributed by atoms with Gasteiger partial charge in [0.1, 0.15) is 5.76 Å². The van der Waals surface area contributed by atoms with Gasteiger partial charge in [0, 0.05) is 17.2 Å². The first-order valence-corrected chi connectivity index (χ1v) is 8.07. The van der Waals surface area contributed by atoms with Crippen LogP contribution >= 0.6 is 0 Å². The van der Waals surface area contributed by atoms with Crippen LogP contribution in [0.15, 0.2) is 34.9 Å². The van der Waals surface area contributed by atoms with Crippen molar-refractivity contribution in [1.82, 2.24) is 5.16 Å². The van der Waals surface area contributed by atoms with E-state index in [1.807, 2.05) is 20.8 Å². The molecule has 0 aliphatic carbocycles. The number of hydrogen-bond acceptors (Lipinski definition) is 5. The highest BCUT2D eigenvalue weighted by molar-refractivity contribution is 5.99. The smallest absolute Gasteiger partial charge is 0.324 e. The summed E-state index contributed by atoms with van der Waals surface area (Å²) in [6, 6.07) is 8.24. The molecule has 2 amide bonds. The van der Waals surface area contributed by atoms with Crippen LogP contribution in [0.2, 0.25) is 0 Å². The zero-order valence-electron chi connectivity index (χ0n) is 14.9. The van der Waals surface area contributed by atoms with Gasteiger partial charge in [-0.05, 0) is 24.6 Å². The van der Waals surface area contributed by atoms with Crippen molar-refractivity contribution in [2.45, 2.75) is 39.5 Å². The predicted octanol–water partition coefficient (Wildman–Crippen LogP) is 3.72. The Bertz CT molecular complexity index is 730. The van der Waals surface area contributed by atoms with Crippen LogP contribution in [0.4, 0.5) is 16.3 Å². The third-order valence-corrected chi connectivity index (χ3v) is 3.36. The average Bonchev–Trinajstić information content (AvgIpc) is 2.98. The molecule has 7 heteroatoms. The molecule has 0 radical (unpaired) electrons. The lowest BCUT2D eigenvalue weighted by Crippen LogP contribution is -2.19. The molecule has 0 bridgehead atoms. The fourth-order valence-electron chi connectivity index (χ4n) is 2.05. The highest BCUT2D eigenvalue weighted by Gasteiger charge is 2.20. The minimum atomic E-state index is -0.424. The number of rotatable bonds is 5. The van der Waals surface area contributed by atoms with Crippen molar-refractivity contribution in [3.63, 3.8) is 0 Å². The van der Waals surface area contributed by atoms with Gasteiger partial charge in [0.15, 0.2) is 5.82 Å². The number of aromatic nitrogens is 1. The van der Waals surface area contributed by atoms with Crippen LogP contribution in [0.25, 0.3) is 0 Å². The molecule has 2 rings (SSSR count). The molecule has 7 nitrogen and oxygen atoms in total. The number of carbonyl (C=O) groups is 2. The standard InChI is InChI=1S/C18H23N3O4/c1-5-24-16(22)10-12-6-8-13(9-7-12)19-17(23)20-15-11-14(25-21-15)18(2,3)4/h6-9,11H,5,10H2,1-4H3,(H2,19,20,21,23). The normalized spacial score (nSPS) is 11.0. The summed E-state index contributed by atoms with van der Waals surface area (Å²) in [6.07, 6.45) is 0.203. The molecule has 0 fully saturated rings. The lowest BCUT2D eigenvalue weighted by atomic mass is 9.93. The summed E-state index contributed by atoms with van der Waals surface area (Å²) in [7, 11) is 0. The summed E-state index contributed by atoms with van der Waals surface area (Å²) in [5.41, 5.74) is 1.23. The van der Waals surface area contributed by atoms with Crippen LogP contribution in [0.3, 0.4) is 0 Å². The zero-order chi connectivity index (χ0) is 18.4. The second-order valence-electron chi connectivity index (χ2n) is 6.58. The molecule has 0 unspecified atom stereocenters. The Morgan fingerprint density at radius 3 is 2.40 bits per heavy atom. The molecular formula is C18H23N3O4. The number of anilines is 2. The van der Waals surface area contributed by atoms with Crippen LogP contribution in [-0.4, -0.2) is 23.8 Å². The topological polar surface area (TPSA) is 93.5 Å². The number of amides is 2. The van der Waals surface area contributed by atoms with Crippen molar-refractivity contribution in [1.29, 1.82) is 0 Å². The van der Waals surface area contributed by atoms with E-state index in [1.54, 1.807) is 37.3 Å². The Kier molecular flexibility index (Phi) is 5.80. The van der Waals surface area contributed by atoms with Gasteiger partial charge in [-0.2, -0.15) is 0 Å². The Labute approximate surface area is 146 Å². The van der Waals surface area contributed by atoms with Gasteiger partial charge in [0.2, 0.25) is 0 Å². The molecule has 1 aromatic carbocycles. The van der Waals surface area contributed by atoms with Gasteiger partial charge in [-0.25, -0.2) is 4.79 Å². The Morgan fingerprint density at radius 1 is 1.16 bits per heavy atom. The first kappa shape index (κ1) is 18.5. The fraction of sp³-hybridized carbons (Fsp3) is 0.389. The number of hydrogen-bond donors (Lipinski definition) is 2. The summed E-state index contributed by atoms with van der Waals surface area (Å²) >= 11 is 0. The largest absolute Gasteiger partial charge is 0.466 e. The first-order chi connectivity index (χ1) is 11.8. The van der Waals surface area contributed by atoms with Crippen LogP contribution < -0.4 is 10.6 Å². The maximum atomic E-state index is 12.0. The summed E-state index contributed by atoms with van der Waals surface area (Å²) in [5, 5.41) is 9.14. The van der Waals surface area contributed by atoms with E-state index in [4.69, 9.17) is 9.26 Å². The number of nitrogens with zero attached hydrogens (tertiary/aromatic N) is 1. The molecule has 2 aromatic rings. The van der Waals surface area contributed by atoms with Crippen molar-refractivity contribution >= 4 is 23.5 Å². The molecule has 0 saturated heterocycles.